The largest absolute Gasteiger partial charge is 0.380 e. The number of benzene rings is 1. The molecule has 3 rings (SSSR count). The Morgan fingerprint density at radius 2 is 2.09 bits per heavy atom. The van der Waals surface area contributed by atoms with Crippen LogP contribution < -0.4 is 0 Å². The van der Waals surface area contributed by atoms with Gasteiger partial charge in [0.05, 0.1) is 12.2 Å². The van der Waals surface area contributed by atoms with Crippen LogP contribution in [-0.2, 0) is 4.74 Å². The topological polar surface area (TPSA) is 32.8 Å². The zero-order valence-electron chi connectivity index (χ0n) is 13.2. The van der Waals surface area contributed by atoms with E-state index in [4.69, 9.17) is 4.74 Å². The normalized spacial score (nSPS) is 23.5. The lowest BCUT2D eigenvalue weighted by Crippen LogP contribution is -2.39. The van der Waals surface area contributed by atoms with Crippen LogP contribution in [0.25, 0.3) is 0 Å². The van der Waals surface area contributed by atoms with E-state index in [1.807, 2.05) is 35.4 Å². The minimum absolute atomic E-state index is 0.175. The van der Waals surface area contributed by atoms with Crippen LogP contribution in [0.15, 0.2) is 29.2 Å². The Morgan fingerprint density at radius 1 is 1.23 bits per heavy atom. The second-order valence-corrected chi connectivity index (χ2v) is 6.75. The SMILES string of the molecule is CSc1ccccc1C(=O)N1CCCN(C2CCOC2)CC1. The molecular formula is C17H24N2O2S. The van der Waals surface area contributed by atoms with Gasteiger partial charge in [-0.3, -0.25) is 9.69 Å². The van der Waals surface area contributed by atoms with E-state index in [1.54, 1.807) is 11.8 Å². The summed E-state index contributed by atoms with van der Waals surface area (Å²) in [5.74, 6) is 0.175. The van der Waals surface area contributed by atoms with Crippen molar-refractivity contribution in [3.05, 3.63) is 29.8 Å². The van der Waals surface area contributed by atoms with E-state index in [9.17, 15) is 4.79 Å². The zero-order valence-corrected chi connectivity index (χ0v) is 14.0. The van der Waals surface area contributed by atoms with Gasteiger partial charge in [-0.05, 0) is 31.2 Å². The highest BCUT2D eigenvalue weighted by atomic mass is 32.2. The van der Waals surface area contributed by atoms with Gasteiger partial charge in [-0.15, -0.1) is 11.8 Å². The van der Waals surface area contributed by atoms with E-state index in [2.05, 4.69) is 4.90 Å². The molecule has 2 aliphatic rings. The third-order valence-corrected chi connectivity index (χ3v) is 5.37. The maximum absolute atomic E-state index is 12.8. The maximum atomic E-state index is 12.8. The van der Waals surface area contributed by atoms with Gasteiger partial charge in [-0.1, -0.05) is 12.1 Å². The van der Waals surface area contributed by atoms with Crippen molar-refractivity contribution in [2.45, 2.75) is 23.8 Å². The van der Waals surface area contributed by atoms with Gasteiger partial charge in [0.25, 0.3) is 5.91 Å². The Hall–Kier alpha value is -1.04. The van der Waals surface area contributed by atoms with Gasteiger partial charge in [0, 0.05) is 43.7 Å². The van der Waals surface area contributed by atoms with E-state index >= 15 is 0 Å². The molecule has 1 amide bonds. The molecule has 1 aromatic carbocycles. The molecule has 1 atom stereocenters. The number of ether oxygens (including phenoxy) is 1. The van der Waals surface area contributed by atoms with Crippen molar-refractivity contribution in [3.8, 4) is 0 Å². The third kappa shape index (κ3) is 3.47. The average molecular weight is 320 g/mol. The summed E-state index contributed by atoms with van der Waals surface area (Å²) in [6, 6.07) is 8.47. The molecule has 1 aromatic rings. The number of carbonyl (C=O) groups excluding carboxylic acids is 1. The maximum Gasteiger partial charge on any atom is 0.255 e. The van der Waals surface area contributed by atoms with Crippen LogP contribution in [0.1, 0.15) is 23.2 Å². The Bertz CT molecular complexity index is 517. The molecule has 0 N–H and O–H groups in total. The second-order valence-electron chi connectivity index (χ2n) is 5.90. The molecule has 4 nitrogen and oxygen atoms in total. The predicted octanol–water partition coefficient (Wildman–Crippen LogP) is 2.35. The van der Waals surface area contributed by atoms with Crippen molar-refractivity contribution in [2.75, 3.05) is 45.6 Å². The van der Waals surface area contributed by atoms with E-state index in [0.717, 1.165) is 62.7 Å². The molecule has 2 heterocycles. The van der Waals surface area contributed by atoms with Gasteiger partial charge < -0.3 is 9.64 Å². The molecule has 120 valence electrons. The van der Waals surface area contributed by atoms with E-state index in [-0.39, 0.29) is 5.91 Å². The summed E-state index contributed by atoms with van der Waals surface area (Å²) in [6.07, 6.45) is 4.20. The molecule has 0 saturated carbocycles. The van der Waals surface area contributed by atoms with Crippen molar-refractivity contribution in [1.29, 1.82) is 0 Å². The monoisotopic (exact) mass is 320 g/mol. The van der Waals surface area contributed by atoms with E-state index in [0.29, 0.717) is 6.04 Å². The Morgan fingerprint density at radius 3 is 2.86 bits per heavy atom. The molecule has 0 aliphatic carbocycles. The molecule has 0 bridgehead atoms. The summed E-state index contributed by atoms with van der Waals surface area (Å²) >= 11 is 1.64. The number of carbonyl (C=O) groups is 1. The van der Waals surface area contributed by atoms with Crippen LogP contribution in [0.2, 0.25) is 0 Å². The highest BCUT2D eigenvalue weighted by Crippen LogP contribution is 2.22. The first-order valence-corrected chi connectivity index (χ1v) is 9.26. The second kappa shape index (κ2) is 7.49. The van der Waals surface area contributed by atoms with Gasteiger partial charge in [0.15, 0.2) is 0 Å². The van der Waals surface area contributed by atoms with Crippen LogP contribution in [0.5, 0.6) is 0 Å². The third-order valence-electron chi connectivity index (χ3n) is 4.58. The Labute approximate surface area is 136 Å². The summed E-state index contributed by atoms with van der Waals surface area (Å²) in [7, 11) is 0. The summed E-state index contributed by atoms with van der Waals surface area (Å²) in [5.41, 5.74) is 0.840. The van der Waals surface area contributed by atoms with Crippen LogP contribution in [0, 0.1) is 0 Å². The summed E-state index contributed by atoms with van der Waals surface area (Å²) in [5, 5.41) is 0. The van der Waals surface area contributed by atoms with Gasteiger partial charge in [-0.25, -0.2) is 0 Å². The van der Waals surface area contributed by atoms with Crippen molar-refractivity contribution in [1.82, 2.24) is 9.80 Å². The molecule has 2 fully saturated rings. The van der Waals surface area contributed by atoms with Crippen LogP contribution in [0.4, 0.5) is 0 Å². The van der Waals surface area contributed by atoms with Crippen molar-refractivity contribution in [2.24, 2.45) is 0 Å². The number of nitrogens with zero attached hydrogens (tertiary/aromatic N) is 2. The van der Waals surface area contributed by atoms with Gasteiger partial charge in [0.2, 0.25) is 0 Å². The Balaban J connectivity index is 1.66. The highest BCUT2D eigenvalue weighted by Gasteiger charge is 2.27. The highest BCUT2D eigenvalue weighted by molar-refractivity contribution is 7.98. The fraction of sp³-hybridized carbons (Fsp3) is 0.588. The Kier molecular flexibility index (Phi) is 5.39. The number of thioether (sulfide) groups is 1. The number of amides is 1. The first-order chi connectivity index (χ1) is 10.8. The summed E-state index contributed by atoms with van der Waals surface area (Å²) < 4.78 is 5.50. The van der Waals surface area contributed by atoms with E-state index < -0.39 is 0 Å². The first-order valence-electron chi connectivity index (χ1n) is 8.03. The predicted molar refractivity (Wildman–Crippen MR) is 89.5 cm³/mol. The molecule has 1 unspecified atom stereocenters. The zero-order chi connectivity index (χ0) is 15.4. The molecular weight excluding hydrogens is 296 g/mol. The number of rotatable bonds is 3. The molecule has 0 aromatic heterocycles. The minimum Gasteiger partial charge on any atom is -0.380 e. The molecule has 0 spiro atoms. The summed E-state index contributed by atoms with van der Waals surface area (Å²) in [4.78, 5) is 18.4. The lowest BCUT2D eigenvalue weighted by atomic mass is 10.2. The molecule has 5 heteroatoms. The van der Waals surface area contributed by atoms with Crippen molar-refractivity contribution >= 4 is 17.7 Å². The van der Waals surface area contributed by atoms with Gasteiger partial charge in [0.1, 0.15) is 0 Å². The fourth-order valence-electron chi connectivity index (χ4n) is 3.31. The van der Waals surface area contributed by atoms with Crippen molar-refractivity contribution in [3.63, 3.8) is 0 Å². The smallest absolute Gasteiger partial charge is 0.255 e. The van der Waals surface area contributed by atoms with Crippen LogP contribution in [0.3, 0.4) is 0 Å². The minimum atomic E-state index is 0.175. The molecule has 0 radical (unpaired) electrons. The first kappa shape index (κ1) is 15.8. The van der Waals surface area contributed by atoms with Crippen LogP contribution >= 0.6 is 11.8 Å². The lowest BCUT2D eigenvalue weighted by molar-refractivity contribution is 0.0753. The standard InChI is InChI=1S/C17H24N2O2S/c1-22-16-6-3-2-5-15(16)17(20)19-9-4-8-18(10-11-19)14-7-12-21-13-14/h2-3,5-6,14H,4,7-13H2,1H3. The lowest BCUT2D eigenvalue weighted by Gasteiger charge is -2.26. The quantitative estimate of drug-likeness (QED) is 0.801. The molecule has 2 saturated heterocycles. The van der Waals surface area contributed by atoms with Crippen molar-refractivity contribution < 1.29 is 9.53 Å². The summed E-state index contributed by atoms with van der Waals surface area (Å²) in [6.45, 7) is 5.43. The van der Waals surface area contributed by atoms with Gasteiger partial charge >= 0.3 is 0 Å². The van der Waals surface area contributed by atoms with Gasteiger partial charge in [-0.2, -0.15) is 0 Å². The number of hydrogen-bond donors (Lipinski definition) is 0. The molecule has 2 aliphatic heterocycles. The fourth-order valence-corrected chi connectivity index (χ4v) is 3.90. The number of hydrogen-bond acceptors (Lipinski definition) is 4. The average Bonchev–Trinajstić information content (AvgIpc) is 2.99. The van der Waals surface area contributed by atoms with Crippen LogP contribution in [-0.4, -0.2) is 67.4 Å². The van der Waals surface area contributed by atoms with E-state index in [1.165, 1.54) is 0 Å². The molecule has 22 heavy (non-hydrogen) atoms.